The molecular weight excluding hydrogens is 192 g/mol. The van der Waals surface area contributed by atoms with Gasteiger partial charge in [-0.1, -0.05) is 6.92 Å². The molecule has 0 aliphatic carbocycles. The first-order valence-corrected chi connectivity index (χ1v) is 4.95. The van der Waals surface area contributed by atoms with Gasteiger partial charge in [0.1, 0.15) is 17.6 Å². The minimum atomic E-state index is -0.315. The van der Waals surface area contributed by atoms with Crippen molar-refractivity contribution in [2.45, 2.75) is 25.9 Å². The summed E-state index contributed by atoms with van der Waals surface area (Å²) in [5.41, 5.74) is 6.74. The lowest BCUT2D eigenvalue weighted by atomic mass is 10.2. The van der Waals surface area contributed by atoms with Crippen LogP contribution < -0.4 is 5.73 Å². The van der Waals surface area contributed by atoms with Crippen LogP contribution in [0.5, 0.6) is 0 Å². The standard InChI is InChI=1S/C9H14N6/c1-2-4-15-5-3-11-9(15)8(10)7-6-12-14-13-7/h3,5-6,8H,2,4,10H2,1H3,(H,12,13,14). The van der Waals surface area contributed by atoms with E-state index in [2.05, 4.69) is 27.3 Å². The number of aromatic amines is 1. The van der Waals surface area contributed by atoms with Crippen molar-refractivity contribution in [3.8, 4) is 0 Å². The smallest absolute Gasteiger partial charge is 0.131 e. The van der Waals surface area contributed by atoms with Crippen molar-refractivity contribution in [1.82, 2.24) is 25.0 Å². The quantitative estimate of drug-likeness (QED) is 0.761. The highest BCUT2D eigenvalue weighted by Crippen LogP contribution is 2.14. The first kappa shape index (κ1) is 9.85. The number of aryl methyl sites for hydroxylation is 1. The molecule has 2 heterocycles. The van der Waals surface area contributed by atoms with Gasteiger partial charge in [-0.15, -0.1) is 0 Å². The van der Waals surface area contributed by atoms with Gasteiger partial charge >= 0.3 is 0 Å². The largest absolute Gasteiger partial charge is 0.333 e. The highest BCUT2D eigenvalue weighted by atomic mass is 15.3. The summed E-state index contributed by atoms with van der Waals surface area (Å²) in [6.07, 6.45) is 6.36. The second-order valence-corrected chi connectivity index (χ2v) is 3.35. The number of aromatic nitrogens is 5. The molecule has 0 spiro atoms. The molecule has 6 heteroatoms. The number of hydrogen-bond acceptors (Lipinski definition) is 4. The van der Waals surface area contributed by atoms with Gasteiger partial charge in [0.15, 0.2) is 0 Å². The Balaban J connectivity index is 2.25. The molecule has 0 saturated carbocycles. The van der Waals surface area contributed by atoms with Gasteiger partial charge in [0.25, 0.3) is 0 Å². The summed E-state index contributed by atoms with van der Waals surface area (Å²) < 4.78 is 2.04. The van der Waals surface area contributed by atoms with Crippen molar-refractivity contribution in [1.29, 1.82) is 0 Å². The molecule has 2 aromatic heterocycles. The van der Waals surface area contributed by atoms with Crippen LogP contribution in [0.25, 0.3) is 0 Å². The van der Waals surface area contributed by atoms with Gasteiger partial charge in [0.2, 0.25) is 0 Å². The number of hydrogen-bond donors (Lipinski definition) is 2. The highest BCUT2D eigenvalue weighted by molar-refractivity contribution is 5.13. The number of H-pyrrole nitrogens is 1. The van der Waals surface area contributed by atoms with Gasteiger partial charge in [0.05, 0.1) is 6.20 Å². The third kappa shape index (κ3) is 1.89. The molecule has 1 unspecified atom stereocenters. The van der Waals surface area contributed by atoms with Crippen molar-refractivity contribution >= 4 is 0 Å². The maximum atomic E-state index is 6.03. The van der Waals surface area contributed by atoms with E-state index in [4.69, 9.17) is 5.73 Å². The molecule has 1 atom stereocenters. The molecule has 0 aliphatic rings. The second-order valence-electron chi connectivity index (χ2n) is 3.35. The van der Waals surface area contributed by atoms with E-state index in [9.17, 15) is 0 Å². The fourth-order valence-corrected chi connectivity index (χ4v) is 1.52. The maximum absolute atomic E-state index is 6.03. The predicted molar refractivity (Wildman–Crippen MR) is 54.9 cm³/mol. The molecular formula is C9H14N6. The van der Waals surface area contributed by atoms with E-state index in [0.29, 0.717) is 5.69 Å². The Kier molecular flexibility index (Phi) is 2.77. The average Bonchev–Trinajstić information content (AvgIpc) is 2.87. The van der Waals surface area contributed by atoms with Crippen molar-refractivity contribution in [2.24, 2.45) is 5.73 Å². The minimum absolute atomic E-state index is 0.315. The lowest BCUT2D eigenvalue weighted by Crippen LogP contribution is -2.18. The Morgan fingerprint density at radius 3 is 3.13 bits per heavy atom. The van der Waals surface area contributed by atoms with Crippen molar-refractivity contribution < 1.29 is 0 Å². The molecule has 6 nitrogen and oxygen atoms in total. The van der Waals surface area contributed by atoms with Crippen molar-refractivity contribution in [3.05, 3.63) is 30.1 Å². The zero-order valence-electron chi connectivity index (χ0n) is 8.59. The summed E-state index contributed by atoms with van der Waals surface area (Å²) in [7, 11) is 0. The van der Waals surface area contributed by atoms with E-state index in [1.807, 2.05) is 10.8 Å². The molecule has 0 bridgehead atoms. The average molecular weight is 206 g/mol. The Morgan fingerprint density at radius 1 is 1.60 bits per heavy atom. The lowest BCUT2D eigenvalue weighted by Gasteiger charge is -2.10. The number of rotatable bonds is 4. The first-order valence-electron chi connectivity index (χ1n) is 4.95. The Labute approximate surface area is 87.5 Å². The molecule has 15 heavy (non-hydrogen) atoms. The highest BCUT2D eigenvalue weighted by Gasteiger charge is 2.16. The summed E-state index contributed by atoms with van der Waals surface area (Å²) in [4.78, 5) is 4.25. The van der Waals surface area contributed by atoms with Crippen LogP contribution in [0.3, 0.4) is 0 Å². The van der Waals surface area contributed by atoms with E-state index < -0.39 is 0 Å². The van der Waals surface area contributed by atoms with E-state index in [1.54, 1.807) is 12.4 Å². The van der Waals surface area contributed by atoms with Crippen molar-refractivity contribution in [3.63, 3.8) is 0 Å². The maximum Gasteiger partial charge on any atom is 0.131 e. The molecule has 3 N–H and O–H groups in total. The van der Waals surface area contributed by atoms with Crippen LogP contribution in [-0.4, -0.2) is 25.0 Å². The van der Waals surface area contributed by atoms with Gasteiger partial charge in [-0.25, -0.2) is 4.98 Å². The number of nitrogens with two attached hydrogens (primary N) is 1. The fourth-order valence-electron chi connectivity index (χ4n) is 1.52. The Morgan fingerprint density at radius 2 is 2.47 bits per heavy atom. The first-order chi connectivity index (χ1) is 7.33. The second kappa shape index (κ2) is 4.22. The van der Waals surface area contributed by atoms with Gasteiger partial charge < -0.3 is 10.3 Å². The predicted octanol–water partition coefficient (Wildman–Crippen LogP) is 0.459. The molecule has 0 aromatic carbocycles. The minimum Gasteiger partial charge on any atom is -0.333 e. The van der Waals surface area contributed by atoms with Crippen LogP contribution in [0.2, 0.25) is 0 Å². The van der Waals surface area contributed by atoms with E-state index in [-0.39, 0.29) is 6.04 Å². The van der Waals surface area contributed by atoms with Crippen LogP contribution in [0.1, 0.15) is 30.9 Å². The molecule has 0 amide bonds. The van der Waals surface area contributed by atoms with Crippen LogP contribution in [-0.2, 0) is 6.54 Å². The third-order valence-electron chi connectivity index (χ3n) is 2.24. The third-order valence-corrected chi connectivity index (χ3v) is 2.24. The van der Waals surface area contributed by atoms with Crippen LogP contribution >= 0.6 is 0 Å². The zero-order valence-corrected chi connectivity index (χ0v) is 8.59. The van der Waals surface area contributed by atoms with Crippen LogP contribution in [0.4, 0.5) is 0 Å². The van der Waals surface area contributed by atoms with Gasteiger partial charge in [-0.2, -0.15) is 15.4 Å². The normalized spacial score (nSPS) is 12.9. The summed E-state index contributed by atoms with van der Waals surface area (Å²) in [5, 5.41) is 10.2. The molecule has 2 rings (SSSR count). The Hall–Kier alpha value is -1.69. The van der Waals surface area contributed by atoms with Gasteiger partial charge in [-0.3, -0.25) is 0 Å². The van der Waals surface area contributed by atoms with E-state index in [1.165, 1.54) is 0 Å². The fraction of sp³-hybridized carbons (Fsp3) is 0.444. The van der Waals surface area contributed by atoms with Crippen molar-refractivity contribution in [2.75, 3.05) is 0 Å². The van der Waals surface area contributed by atoms with Gasteiger partial charge in [-0.05, 0) is 6.42 Å². The molecule has 0 radical (unpaired) electrons. The molecule has 2 aromatic rings. The zero-order chi connectivity index (χ0) is 10.7. The monoisotopic (exact) mass is 206 g/mol. The summed E-state index contributed by atoms with van der Waals surface area (Å²) in [5.74, 6) is 0.825. The number of imidazole rings is 1. The van der Waals surface area contributed by atoms with E-state index in [0.717, 1.165) is 18.8 Å². The SMILES string of the molecule is CCCn1ccnc1C(N)c1cn[nH]n1. The Bertz CT molecular complexity index is 404. The number of nitrogens with zero attached hydrogens (tertiary/aromatic N) is 4. The number of nitrogens with one attached hydrogen (secondary N) is 1. The summed E-state index contributed by atoms with van der Waals surface area (Å²) in [6, 6.07) is -0.315. The molecule has 0 fully saturated rings. The summed E-state index contributed by atoms with van der Waals surface area (Å²) in [6.45, 7) is 3.03. The van der Waals surface area contributed by atoms with Crippen LogP contribution in [0, 0.1) is 0 Å². The van der Waals surface area contributed by atoms with Gasteiger partial charge in [0, 0.05) is 18.9 Å². The van der Waals surface area contributed by atoms with E-state index >= 15 is 0 Å². The molecule has 0 saturated heterocycles. The van der Waals surface area contributed by atoms with Crippen LogP contribution in [0.15, 0.2) is 18.6 Å². The topological polar surface area (TPSA) is 85.4 Å². The lowest BCUT2D eigenvalue weighted by molar-refractivity contribution is 0.606. The molecule has 80 valence electrons. The molecule has 0 aliphatic heterocycles. The summed E-state index contributed by atoms with van der Waals surface area (Å²) >= 11 is 0.